The van der Waals surface area contributed by atoms with Gasteiger partial charge in [0.25, 0.3) is 5.56 Å². The van der Waals surface area contributed by atoms with Crippen molar-refractivity contribution in [3.8, 4) is 5.69 Å². The van der Waals surface area contributed by atoms with E-state index in [1.54, 1.807) is 23.1 Å². The summed E-state index contributed by atoms with van der Waals surface area (Å²) in [6, 6.07) is 11.0. The number of nitrogens with one attached hydrogen (secondary N) is 1. The number of anilines is 1. The van der Waals surface area contributed by atoms with Crippen LogP contribution in [0.5, 0.6) is 0 Å². The molecule has 8 nitrogen and oxygen atoms in total. The minimum atomic E-state index is -0.241. The average Bonchev–Trinajstić information content (AvgIpc) is 3.44. The molecular weight excluding hydrogens is 465 g/mol. The van der Waals surface area contributed by atoms with Crippen LogP contribution >= 0.6 is 23.2 Å². The smallest absolute Gasteiger partial charge is 0.266 e. The largest absolute Gasteiger partial charge is 0.396 e. The maximum Gasteiger partial charge on any atom is 0.266 e. The molecule has 3 aromatic heterocycles. The van der Waals surface area contributed by atoms with Gasteiger partial charge in [0.15, 0.2) is 0 Å². The van der Waals surface area contributed by atoms with E-state index in [1.165, 1.54) is 10.8 Å². The van der Waals surface area contributed by atoms with E-state index in [0.29, 0.717) is 52.2 Å². The van der Waals surface area contributed by atoms with Gasteiger partial charge in [-0.25, -0.2) is 4.98 Å². The monoisotopic (exact) mass is 485 g/mol. The minimum absolute atomic E-state index is 0.0195. The third-order valence-corrected chi connectivity index (χ3v) is 6.51. The summed E-state index contributed by atoms with van der Waals surface area (Å²) in [6.07, 6.45) is 4.73. The zero-order valence-electron chi connectivity index (χ0n) is 17.5. The fraction of sp³-hybridized carbons (Fsp3) is 0.261. The third kappa shape index (κ3) is 4.22. The molecule has 1 aromatic carbocycles. The van der Waals surface area contributed by atoms with E-state index in [0.717, 1.165) is 5.56 Å². The lowest BCUT2D eigenvalue weighted by Gasteiger charge is -2.18. The number of nitrogens with zero attached hydrogens (tertiary/aromatic N) is 4. The summed E-state index contributed by atoms with van der Waals surface area (Å²) < 4.78 is 8.67. The van der Waals surface area contributed by atoms with Gasteiger partial charge >= 0.3 is 0 Å². The van der Waals surface area contributed by atoms with E-state index in [1.807, 2.05) is 30.3 Å². The maximum absolute atomic E-state index is 13.3. The molecule has 1 aliphatic rings. The summed E-state index contributed by atoms with van der Waals surface area (Å²) in [5.41, 5.74) is 1.88. The van der Waals surface area contributed by atoms with Gasteiger partial charge in [-0.3, -0.25) is 14.0 Å². The van der Waals surface area contributed by atoms with Gasteiger partial charge in [0, 0.05) is 23.2 Å². The summed E-state index contributed by atoms with van der Waals surface area (Å²) >= 11 is 12.7. The van der Waals surface area contributed by atoms with Crippen molar-refractivity contribution in [2.75, 3.05) is 25.1 Å². The van der Waals surface area contributed by atoms with Crippen molar-refractivity contribution in [1.29, 1.82) is 0 Å². The molecule has 1 saturated heterocycles. The Bertz CT molecular complexity index is 1370. The summed E-state index contributed by atoms with van der Waals surface area (Å²) in [5, 5.41) is 18.6. The second-order valence-corrected chi connectivity index (χ2v) is 8.75. The van der Waals surface area contributed by atoms with Crippen molar-refractivity contribution in [2.24, 2.45) is 5.92 Å². The van der Waals surface area contributed by atoms with Crippen LogP contribution < -0.4 is 10.9 Å². The Labute approximate surface area is 199 Å². The van der Waals surface area contributed by atoms with Gasteiger partial charge in [-0.05, 0) is 17.7 Å². The van der Waals surface area contributed by atoms with Gasteiger partial charge in [0.2, 0.25) is 0 Å². The van der Waals surface area contributed by atoms with Gasteiger partial charge in [0.05, 0.1) is 66.4 Å². The van der Waals surface area contributed by atoms with Crippen LogP contribution in [0, 0.1) is 5.92 Å². The number of rotatable bonds is 6. The van der Waals surface area contributed by atoms with Gasteiger partial charge in [-0.1, -0.05) is 41.4 Å². The molecular formula is C23H21Cl2N5O3. The Kier molecular flexibility index (Phi) is 6.07. The molecule has 2 N–H and O–H groups in total. The van der Waals surface area contributed by atoms with E-state index in [9.17, 15) is 9.90 Å². The molecule has 2 atom stereocenters. The van der Waals surface area contributed by atoms with Crippen molar-refractivity contribution in [3.63, 3.8) is 0 Å². The van der Waals surface area contributed by atoms with Crippen molar-refractivity contribution >= 4 is 39.9 Å². The fourth-order valence-electron chi connectivity index (χ4n) is 4.00. The molecule has 4 heterocycles. The third-order valence-electron chi connectivity index (χ3n) is 5.85. The zero-order valence-corrected chi connectivity index (χ0v) is 19.0. The van der Waals surface area contributed by atoms with Crippen molar-refractivity contribution in [3.05, 3.63) is 81.0 Å². The lowest BCUT2D eigenvalue weighted by Crippen LogP contribution is -2.30. The van der Waals surface area contributed by atoms with Gasteiger partial charge in [0.1, 0.15) is 5.82 Å². The van der Waals surface area contributed by atoms with Crippen LogP contribution in [-0.4, -0.2) is 50.3 Å². The minimum Gasteiger partial charge on any atom is -0.396 e. The molecule has 0 saturated carbocycles. The van der Waals surface area contributed by atoms with Gasteiger partial charge < -0.3 is 15.2 Å². The van der Waals surface area contributed by atoms with Crippen molar-refractivity contribution < 1.29 is 9.84 Å². The highest BCUT2D eigenvalue weighted by molar-refractivity contribution is 6.32. The fourth-order valence-corrected chi connectivity index (χ4v) is 4.39. The molecule has 1 fully saturated rings. The molecule has 5 rings (SSSR count). The number of aromatic nitrogens is 4. The van der Waals surface area contributed by atoms with Crippen LogP contribution in [-0.2, 0) is 11.3 Å². The second-order valence-electron chi connectivity index (χ2n) is 7.94. The molecule has 170 valence electrons. The molecule has 0 bridgehead atoms. The Morgan fingerprint density at radius 2 is 2.00 bits per heavy atom. The highest BCUT2D eigenvalue weighted by Crippen LogP contribution is 2.25. The summed E-state index contributed by atoms with van der Waals surface area (Å²) in [7, 11) is 0. The first-order chi connectivity index (χ1) is 16.0. The molecule has 0 unspecified atom stereocenters. The quantitative estimate of drug-likeness (QED) is 0.434. The number of halogens is 2. The first-order valence-electron chi connectivity index (χ1n) is 10.5. The molecule has 1 aliphatic heterocycles. The normalized spacial score (nSPS) is 18.2. The molecule has 33 heavy (non-hydrogen) atoms. The lowest BCUT2D eigenvalue weighted by atomic mass is 10.1. The predicted molar refractivity (Wildman–Crippen MR) is 127 cm³/mol. The van der Waals surface area contributed by atoms with E-state index < -0.39 is 0 Å². The van der Waals surface area contributed by atoms with Crippen LogP contribution in [0.15, 0.2) is 59.8 Å². The molecule has 10 heteroatoms. The Morgan fingerprint density at radius 3 is 2.82 bits per heavy atom. The first-order valence-corrected chi connectivity index (χ1v) is 11.2. The summed E-state index contributed by atoms with van der Waals surface area (Å²) in [5.74, 6) is 0.527. The molecule has 0 aliphatic carbocycles. The number of ether oxygens (including phenoxy) is 1. The maximum atomic E-state index is 13.3. The van der Waals surface area contributed by atoms with Crippen LogP contribution in [0.25, 0.3) is 16.6 Å². The summed E-state index contributed by atoms with van der Waals surface area (Å²) in [4.78, 5) is 17.6. The van der Waals surface area contributed by atoms with E-state index >= 15 is 0 Å². The van der Waals surface area contributed by atoms with Crippen LogP contribution in [0.3, 0.4) is 0 Å². The molecule has 4 aromatic rings. The standard InChI is InChI=1S/C23H21Cl2N5O3/c24-17-4-2-1-3-14(17)10-30-20-5-6-29(23(32)16(20)8-27-30)21-7-22(26-9-18(21)25)28-19-13-33-12-15(19)11-31/h1-9,15,19,31H,10-13H2,(H,26,28)/t15-,19-/m0/s1. The van der Waals surface area contributed by atoms with E-state index in [-0.39, 0.29) is 24.1 Å². The number of benzene rings is 1. The highest BCUT2D eigenvalue weighted by atomic mass is 35.5. The Morgan fingerprint density at radius 1 is 1.15 bits per heavy atom. The molecule has 0 amide bonds. The predicted octanol–water partition coefficient (Wildman–Crippen LogP) is 3.36. The zero-order chi connectivity index (χ0) is 22.9. The topological polar surface area (TPSA) is 94.2 Å². The first kappa shape index (κ1) is 21.9. The Balaban J connectivity index is 1.48. The van der Waals surface area contributed by atoms with Crippen molar-refractivity contribution in [2.45, 2.75) is 12.6 Å². The number of aliphatic hydroxyl groups is 1. The molecule has 0 radical (unpaired) electrons. The second kappa shape index (κ2) is 9.15. The Hall–Kier alpha value is -2.91. The number of hydrogen-bond acceptors (Lipinski definition) is 6. The average molecular weight is 486 g/mol. The summed E-state index contributed by atoms with van der Waals surface area (Å²) in [6.45, 7) is 1.43. The number of pyridine rings is 2. The lowest BCUT2D eigenvalue weighted by molar-refractivity contribution is 0.161. The van der Waals surface area contributed by atoms with Crippen LogP contribution in [0.1, 0.15) is 5.56 Å². The van der Waals surface area contributed by atoms with E-state index in [4.69, 9.17) is 27.9 Å². The van der Waals surface area contributed by atoms with Gasteiger partial charge in [-0.15, -0.1) is 0 Å². The highest BCUT2D eigenvalue weighted by Gasteiger charge is 2.28. The van der Waals surface area contributed by atoms with Crippen LogP contribution in [0.4, 0.5) is 5.82 Å². The number of hydrogen-bond donors (Lipinski definition) is 2. The van der Waals surface area contributed by atoms with Crippen molar-refractivity contribution in [1.82, 2.24) is 19.3 Å². The number of fused-ring (bicyclic) bond motifs is 1. The van der Waals surface area contributed by atoms with Gasteiger partial charge in [-0.2, -0.15) is 5.10 Å². The van der Waals surface area contributed by atoms with Crippen LogP contribution in [0.2, 0.25) is 10.0 Å². The number of aliphatic hydroxyl groups excluding tert-OH is 1. The van der Waals surface area contributed by atoms with E-state index in [2.05, 4.69) is 15.4 Å². The SMILES string of the molecule is O=c1c2cnn(Cc3ccccc3Cl)c2ccn1-c1cc(N[C@H]2COC[C@@H]2CO)ncc1Cl. The molecule has 0 spiro atoms.